The lowest BCUT2D eigenvalue weighted by Crippen LogP contribution is -2.73. The minimum absolute atomic E-state index is 0.0484. The number of fused-ring (bicyclic) bond motifs is 3. The van der Waals surface area contributed by atoms with E-state index in [2.05, 4.69) is 15.0 Å². The van der Waals surface area contributed by atoms with Gasteiger partial charge in [0.15, 0.2) is 29.9 Å². The molecule has 2 aromatic rings. The summed E-state index contributed by atoms with van der Waals surface area (Å²) in [5.74, 6) is -4.23. The van der Waals surface area contributed by atoms with Gasteiger partial charge in [0.1, 0.15) is 36.3 Å². The molecule has 3 saturated heterocycles. The summed E-state index contributed by atoms with van der Waals surface area (Å²) in [7, 11) is 2.52. The Labute approximate surface area is 227 Å². The predicted molar refractivity (Wildman–Crippen MR) is 131 cm³/mol. The van der Waals surface area contributed by atoms with E-state index in [9.17, 15) is 24.9 Å². The van der Waals surface area contributed by atoms with E-state index < -0.39 is 73.3 Å². The molecule has 0 radical (unpaired) electrons. The van der Waals surface area contributed by atoms with Crippen molar-refractivity contribution in [1.82, 2.24) is 19.5 Å². The van der Waals surface area contributed by atoms with Crippen molar-refractivity contribution >= 4 is 28.9 Å². The molecule has 0 aliphatic carbocycles. The highest BCUT2D eigenvalue weighted by Crippen LogP contribution is 2.47. The summed E-state index contributed by atoms with van der Waals surface area (Å²) in [6.45, 7) is 1.10. The number of methoxy groups -OCH3 is 2. The highest BCUT2D eigenvalue weighted by Gasteiger charge is 2.67. The third kappa shape index (κ3) is 4.50. The van der Waals surface area contributed by atoms with Gasteiger partial charge in [0, 0.05) is 13.5 Å². The van der Waals surface area contributed by atoms with Gasteiger partial charge in [-0.1, -0.05) is 13.0 Å². The fourth-order valence-electron chi connectivity index (χ4n) is 5.42. The Bertz CT molecular complexity index is 1300. The fraction of sp³-hybridized carbons (Fsp3) is 0.625. The molecule has 5 N–H and O–H groups in total. The number of aliphatic hydroxyl groups is 3. The molecule has 16 heteroatoms. The van der Waals surface area contributed by atoms with Crippen LogP contribution in [0.4, 0.5) is 5.82 Å². The van der Waals surface area contributed by atoms with E-state index in [1.54, 1.807) is 11.5 Å². The molecule has 9 unspecified atom stereocenters. The van der Waals surface area contributed by atoms with Gasteiger partial charge in [-0.15, -0.1) is 0 Å². The van der Waals surface area contributed by atoms with Gasteiger partial charge < -0.3 is 49.5 Å². The molecule has 3 fully saturated rings. The van der Waals surface area contributed by atoms with Gasteiger partial charge in [-0.3, -0.25) is 4.57 Å². The first-order valence-corrected chi connectivity index (χ1v) is 12.6. The monoisotopic (exact) mass is 565 g/mol. The smallest absolute Gasteiger partial charge is 0.337 e. The molecule has 3 aliphatic heterocycles. The van der Waals surface area contributed by atoms with E-state index in [4.69, 9.17) is 34.2 Å². The zero-order chi connectivity index (χ0) is 28.8. The van der Waals surface area contributed by atoms with Gasteiger partial charge in [0.25, 0.3) is 0 Å². The fourth-order valence-corrected chi connectivity index (χ4v) is 5.42. The van der Waals surface area contributed by atoms with Gasteiger partial charge in [0.05, 0.1) is 31.7 Å². The number of nitrogens with two attached hydrogens (primary N) is 1. The number of nitrogen functional groups attached to an aromatic ring is 1. The van der Waals surface area contributed by atoms with Crippen LogP contribution in [0.5, 0.6) is 0 Å². The minimum Gasteiger partial charge on any atom is -0.467 e. The summed E-state index contributed by atoms with van der Waals surface area (Å²) in [5.41, 5.74) is 6.54. The molecule has 0 spiro atoms. The van der Waals surface area contributed by atoms with Crippen molar-refractivity contribution in [3.8, 4) is 0 Å². The number of allylic oxidation sites excluding steroid dienone is 1. The van der Waals surface area contributed by atoms with Gasteiger partial charge in [-0.25, -0.2) is 24.5 Å². The quantitative estimate of drug-likeness (QED) is 0.218. The number of carbonyl (C=O) groups is 2. The van der Waals surface area contributed by atoms with E-state index in [-0.39, 0.29) is 17.8 Å². The van der Waals surface area contributed by atoms with Crippen LogP contribution in [0.15, 0.2) is 24.3 Å². The normalized spacial score (nSPS) is 35.7. The summed E-state index contributed by atoms with van der Waals surface area (Å²) in [6.07, 6.45) is -5.47. The molecular formula is C24H31N5O11. The molecule has 0 amide bonds. The largest absolute Gasteiger partial charge is 0.467 e. The van der Waals surface area contributed by atoms with Crippen molar-refractivity contribution in [2.45, 2.75) is 74.5 Å². The standard InChI is InChI=1S/C24H31N5O11/c1-4-5-10(7-30)22(32)39-18-14(31)16(23(33)36-3)38-12-6-11-15(40-24(12,18)34)17(35-2)21(37-11)29-9-28-13-19(25)26-8-27-20(13)29/h5,8-9,11-12,14-18,21,30-31,34H,4,6-7H2,1-3H3,(H2,25,26,27)/b10-5+. The number of nitrogens with zero attached hydrogens (tertiary/aromatic N) is 4. The molecule has 0 bridgehead atoms. The Kier molecular flexibility index (Phi) is 7.75. The van der Waals surface area contributed by atoms with Crippen LogP contribution in [0.2, 0.25) is 0 Å². The second-order valence-corrected chi connectivity index (χ2v) is 9.60. The van der Waals surface area contributed by atoms with Crippen LogP contribution in [0.3, 0.4) is 0 Å². The average Bonchev–Trinajstić information content (AvgIpc) is 3.53. The van der Waals surface area contributed by atoms with Crippen molar-refractivity contribution < 1.29 is 53.3 Å². The third-order valence-electron chi connectivity index (χ3n) is 7.34. The number of anilines is 1. The summed E-state index contributed by atoms with van der Waals surface area (Å²) < 4.78 is 35.7. The minimum atomic E-state index is -2.44. The number of ether oxygens (including phenoxy) is 6. The maximum absolute atomic E-state index is 12.9. The van der Waals surface area contributed by atoms with Crippen molar-refractivity contribution in [3.63, 3.8) is 0 Å². The highest BCUT2D eigenvalue weighted by atomic mass is 16.7. The van der Waals surface area contributed by atoms with Crippen LogP contribution in [-0.4, -0.2) is 116 Å². The third-order valence-corrected chi connectivity index (χ3v) is 7.34. The first-order chi connectivity index (χ1) is 19.2. The Morgan fingerprint density at radius 2 is 2.05 bits per heavy atom. The Morgan fingerprint density at radius 1 is 1.27 bits per heavy atom. The molecule has 3 aliphatic rings. The van der Waals surface area contributed by atoms with Crippen LogP contribution in [-0.2, 0) is 38.0 Å². The molecule has 0 aromatic carbocycles. The summed E-state index contributed by atoms with van der Waals surface area (Å²) in [6, 6.07) is 0. The van der Waals surface area contributed by atoms with Crippen molar-refractivity contribution in [3.05, 3.63) is 24.3 Å². The second kappa shape index (κ2) is 11.0. The number of aliphatic hydroxyl groups excluding tert-OH is 2. The molecule has 9 atom stereocenters. The Hall–Kier alpha value is -3.25. The van der Waals surface area contributed by atoms with Crippen molar-refractivity contribution in [2.75, 3.05) is 26.6 Å². The number of aromatic nitrogens is 4. The van der Waals surface area contributed by atoms with E-state index in [1.165, 1.54) is 25.8 Å². The lowest BCUT2D eigenvalue weighted by molar-refractivity contribution is -0.397. The summed E-state index contributed by atoms with van der Waals surface area (Å²) in [5, 5.41) is 32.5. The van der Waals surface area contributed by atoms with Gasteiger partial charge in [-0.2, -0.15) is 0 Å². The predicted octanol–water partition coefficient (Wildman–Crippen LogP) is -1.66. The van der Waals surface area contributed by atoms with Crippen LogP contribution in [0.1, 0.15) is 26.0 Å². The maximum atomic E-state index is 12.9. The number of carbonyl (C=O) groups excluding carboxylic acids is 2. The molecule has 40 heavy (non-hydrogen) atoms. The van der Waals surface area contributed by atoms with Crippen LogP contribution >= 0.6 is 0 Å². The highest BCUT2D eigenvalue weighted by molar-refractivity contribution is 5.89. The van der Waals surface area contributed by atoms with Gasteiger partial charge in [0.2, 0.25) is 5.79 Å². The lowest BCUT2D eigenvalue weighted by Gasteiger charge is -2.52. The number of hydrogen-bond acceptors (Lipinski definition) is 15. The molecular weight excluding hydrogens is 534 g/mol. The first kappa shape index (κ1) is 28.3. The number of hydrogen-bond donors (Lipinski definition) is 4. The Balaban J connectivity index is 1.49. The van der Waals surface area contributed by atoms with Gasteiger partial charge in [-0.05, 0) is 6.42 Å². The molecule has 2 aromatic heterocycles. The SMILES string of the molecule is CC/C=C(\CO)C(=O)OC1C(O)C(C(=O)OC)OC2CC3OC(n4cnc5c(N)ncnc54)C(OC)C3OC21O. The number of rotatable bonds is 7. The van der Waals surface area contributed by atoms with Crippen LogP contribution in [0.25, 0.3) is 11.2 Å². The van der Waals surface area contributed by atoms with E-state index in [0.29, 0.717) is 17.6 Å². The molecule has 5 heterocycles. The second-order valence-electron chi connectivity index (χ2n) is 9.60. The molecule has 16 nitrogen and oxygen atoms in total. The first-order valence-electron chi connectivity index (χ1n) is 12.6. The maximum Gasteiger partial charge on any atom is 0.337 e. The topological polar surface area (TPSA) is 220 Å². The molecule has 0 saturated carbocycles. The molecule has 5 rings (SSSR count). The number of esters is 2. The summed E-state index contributed by atoms with van der Waals surface area (Å²) in [4.78, 5) is 37.8. The average molecular weight is 566 g/mol. The Morgan fingerprint density at radius 3 is 2.73 bits per heavy atom. The van der Waals surface area contributed by atoms with E-state index >= 15 is 0 Å². The van der Waals surface area contributed by atoms with E-state index in [1.807, 2.05) is 0 Å². The zero-order valence-electron chi connectivity index (χ0n) is 21.9. The van der Waals surface area contributed by atoms with Gasteiger partial charge >= 0.3 is 11.9 Å². The van der Waals surface area contributed by atoms with E-state index in [0.717, 1.165) is 7.11 Å². The van der Waals surface area contributed by atoms with Crippen molar-refractivity contribution in [1.29, 1.82) is 0 Å². The lowest BCUT2D eigenvalue weighted by atomic mass is 9.84. The molecule has 218 valence electrons. The zero-order valence-corrected chi connectivity index (χ0v) is 21.9. The number of imidazole rings is 1. The van der Waals surface area contributed by atoms with Crippen LogP contribution in [0, 0.1) is 0 Å². The van der Waals surface area contributed by atoms with Crippen LogP contribution < -0.4 is 5.73 Å². The summed E-state index contributed by atoms with van der Waals surface area (Å²) >= 11 is 0. The van der Waals surface area contributed by atoms with Crippen molar-refractivity contribution in [2.24, 2.45) is 0 Å².